The van der Waals surface area contributed by atoms with E-state index in [2.05, 4.69) is 17.0 Å². The summed E-state index contributed by atoms with van der Waals surface area (Å²) < 4.78 is 0. The maximum absolute atomic E-state index is 5.76. The molecule has 0 bridgehead atoms. The zero-order valence-corrected chi connectivity index (χ0v) is 9.43. The second-order valence-electron chi connectivity index (χ2n) is 4.51. The van der Waals surface area contributed by atoms with Crippen molar-refractivity contribution in [3.05, 3.63) is 24.4 Å². The second kappa shape index (κ2) is 3.40. The molecule has 0 amide bonds. The van der Waals surface area contributed by atoms with E-state index in [4.69, 9.17) is 5.73 Å². The summed E-state index contributed by atoms with van der Waals surface area (Å²) >= 11 is 0. The highest BCUT2D eigenvalue weighted by molar-refractivity contribution is 5.82. The molecular weight excluding hydrogens is 200 g/mol. The third-order valence-electron chi connectivity index (χ3n) is 3.33. The van der Waals surface area contributed by atoms with E-state index in [9.17, 15) is 0 Å². The summed E-state index contributed by atoms with van der Waals surface area (Å²) in [7, 11) is 0. The van der Waals surface area contributed by atoms with Crippen LogP contribution < -0.4 is 10.7 Å². The maximum atomic E-state index is 5.76. The fourth-order valence-electron chi connectivity index (χ4n) is 2.44. The standard InChI is InChI=1S/C12H16N4/c1-9-3-2-6-15(9)16-12-5-4-11(13)7-10(12)8-14-16/h4-5,7-9H,2-3,6,13H2,1H3. The predicted octanol–water partition coefficient (Wildman–Crippen LogP) is 1.74. The van der Waals surface area contributed by atoms with Gasteiger partial charge in [0.1, 0.15) is 0 Å². The van der Waals surface area contributed by atoms with Crippen molar-refractivity contribution in [2.24, 2.45) is 0 Å². The number of aromatic nitrogens is 2. The summed E-state index contributed by atoms with van der Waals surface area (Å²) in [6, 6.07) is 6.52. The highest BCUT2D eigenvalue weighted by atomic mass is 15.7. The lowest BCUT2D eigenvalue weighted by molar-refractivity contribution is 0.535. The molecule has 2 heterocycles. The van der Waals surface area contributed by atoms with Crippen LogP contribution in [0.1, 0.15) is 19.8 Å². The monoisotopic (exact) mass is 216 g/mol. The molecule has 84 valence electrons. The zero-order valence-electron chi connectivity index (χ0n) is 9.43. The van der Waals surface area contributed by atoms with Crippen molar-refractivity contribution in [2.75, 3.05) is 17.3 Å². The number of benzene rings is 1. The Bertz CT molecular complexity index is 517. The number of nitrogens with zero attached hydrogens (tertiary/aromatic N) is 3. The summed E-state index contributed by atoms with van der Waals surface area (Å²) in [6.07, 6.45) is 4.38. The van der Waals surface area contributed by atoms with Gasteiger partial charge < -0.3 is 5.73 Å². The molecule has 0 spiro atoms. The smallest absolute Gasteiger partial charge is 0.0922 e. The van der Waals surface area contributed by atoms with Crippen LogP contribution in [0.2, 0.25) is 0 Å². The molecule has 4 heteroatoms. The van der Waals surface area contributed by atoms with Gasteiger partial charge in [-0.15, -0.1) is 0 Å². The third kappa shape index (κ3) is 1.33. The minimum Gasteiger partial charge on any atom is -0.399 e. The van der Waals surface area contributed by atoms with E-state index in [-0.39, 0.29) is 0 Å². The lowest BCUT2D eigenvalue weighted by atomic mass is 10.2. The van der Waals surface area contributed by atoms with Crippen LogP contribution in [0.5, 0.6) is 0 Å². The number of fused-ring (bicyclic) bond motifs is 1. The van der Waals surface area contributed by atoms with Crippen LogP contribution >= 0.6 is 0 Å². The fourth-order valence-corrected chi connectivity index (χ4v) is 2.44. The molecular formula is C12H16N4. The van der Waals surface area contributed by atoms with Crippen LogP contribution in [-0.4, -0.2) is 22.5 Å². The van der Waals surface area contributed by atoms with Crippen LogP contribution in [0.3, 0.4) is 0 Å². The van der Waals surface area contributed by atoms with Gasteiger partial charge in [-0.05, 0) is 38.0 Å². The molecule has 0 saturated carbocycles. The number of nitrogens with two attached hydrogens (primary N) is 1. The van der Waals surface area contributed by atoms with Crippen molar-refractivity contribution < 1.29 is 0 Å². The minimum atomic E-state index is 0.570. The van der Waals surface area contributed by atoms with Crippen molar-refractivity contribution in [1.82, 2.24) is 9.89 Å². The summed E-state index contributed by atoms with van der Waals surface area (Å²) in [5.41, 5.74) is 7.70. The average molecular weight is 216 g/mol. The van der Waals surface area contributed by atoms with E-state index in [1.54, 1.807) is 0 Å². The van der Waals surface area contributed by atoms with Crippen LogP contribution in [-0.2, 0) is 0 Å². The van der Waals surface area contributed by atoms with Crippen LogP contribution in [0, 0.1) is 0 Å². The van der Waals surface area contributed by atoms with E-state index < -0.39 is 0 Å². The molecule has 4 nitrogen and oxygen atoms in total. The van der Waals surface area contributed by atoms with Gasteiger partial charge in [0.25, 0.3) is 0 Å². The fraction of sp³-hybridized carbons (Fsp3) is 0.417. The quantitative estimate of drug-likeness (QED) is 0.739. The highest BCUT2D eigenvalue weighted by Gasteiger charge is 2.22. The Morgan fingerprint density at radius 2 is 2.31 bits per heavy atom. The molecule has 1 aromatic heterocycles. The summed E-state index contributed by atoms with van der Waals surface area (Å²) in [5.74, 6) is 0. The number of hydrogen-bond acceptors (Lipinski definition) is 3. The first kappa shape index (κ1) is 9.51. The van der Waals surface area contributed by atoms with E-state index in [0.29, 0.717) is 6.04 Å². The summed E-state index contributed by atoms with van der Waals surface area (Å²) in [4.78, 5) is 2.02. The van der Waals surface area contributed by atoms with Gasteiger partial charge in [-0.3, -0.25) is 5.01 Å². The van der Waals surface area contributed by atoms with Crippen LogP contribution in [0.15, 0.2) is 24.4 Å². The Morgan fingerprint density at radius 1 is 1.44 bits per heavy atom. The van der Waals surface area contributed by atoms with Gasteiger partial charge >= 0.3 is 0 Å². The van der Waals surface area contributed by atoms with E-state index in [1.165, 1.54) is 12.8 Å². The Kier molecular flexibility index (Phi) is 2.02. The predicted molar refractivity (Wildman–Crippen MR) is 65.9 cm³/mol. The topological polar surface area (TPSA) is 47.1 Å². The number of hydrogen-bond donors (Lipinski definition) is 1. The van der Waals surface area contributed by atoms with Crippen LogP contribution in [0.4, 0.5) is 5.69 Å². The lowest BCUT2D eigenvalue weighted by Crippen LogP contribution is -2.37. The highest BCUT2D eigenvalue weighted by Crippen LogP contribution is 2.21. The molecule has 3 rings (SSSR count). The Balaban J connectivity index is 2.10. The van der Waals surface area contributed by atoms with E-state index in [1.807, 2.05) is 29.2 Å². The summed E-state index contributed by atoms with van der Waals surface area (Å²) in [6.45, 7) is 3.33. The van der Waals surface area contributed by atoms with Crippen molar-refractivity contribution in [2.45, 2.75) is 25.8 Å². The van der Waals surface area contributed by atoms with Gasteiger partial charge in [0.05, 0.1) is 11.7 Å². The minimum absolute atomic E-state index is 0.570. The number of anilines is 1. The lowest BCUT2D eigenvalue weighted by Gasteiger charge is -2.24. The zero-order chi connectivity index (χ0) is 11.1. The average Bonchev–Trinajstić information content (AvgIpc) is 2.83. The molecule has 2 N–H and O–H groups in total. The molecule has 2 aromatic rings. The third-order valence-corrected chi connectivity index (χ3v) is 3.33. The molecule has 1 aliphatic rings. The van der Waals surface area contributed by atoms with Gasteiger partial charge in [0, 0.05) is 23.7 Å². The number of nitrogen functional groups attached to an aromatic ring is 1. The molecule has 0 aliphatic carbocycles. The molecule has 16 heavy (non-hydrogen) atoms. The number of rotatable bonds is 1. The second-order valence-corrected chi connectivity index (χ2v) is 4.51. The van der Waals surface area contributed by atoms with E-state index in [0.717, 1.165) is 23.1 Å². The van der Waals surface area contributed by atoms with Gasteiger partial charge in [0.2, 0.25) is 0 Å². The largest absolute Gasteiger partial charge is 0.399 e. The molecule has 1 atom stereocenters. The first-order chi connectivity index (χ1) is 7.75. The molecule has 1 aromatic carbocycles. The molecule has 1 fully saturated rings. The van der Waals surface area contributed by atoms with Crippen molar-refractivity contribution in [1.29, 1.82) is 0 Å². The Labute approximate surface area is 94.6 Å². The maximum Gasteiger partial charge on any atom is 0.0922 e. The van der Waals surface area contributed by atoms with E-state index >= 15 is 0 Å². The van der Waals surface area contributed by atoms with Gasteiger partial charge in [-0.25, -0.2) is 0 Å². The molecule has 1 unspecified atom stereocenters. The first-order valence-corrected chi connectivity index (χ1v) is 5.76. The SMILES string of the molecule is CC1CCCN1n1ncc2cc(N)ccc21. The Morgan fingerprint density at radius 3 is 3.06 bits per heavy atom. The first-order valence-electron chi connectivity index (χ1n) is 5.76. The van der Waals surface area contributed by atoms with Crippen LogP contribution in [0.25, 0.3) is 10.9 Å². The normalized spacial score (nSPS) is 20.8. The summed E-state index contributed by atoms with van der Waals surface area (Å²) in [5, 5.41) is 7.88. The molecule has 1 aliphatic heterocycles. The van der Waals surface area contributed by atoms with Crippen molar-refractivity contribution in [3.63, 3.8) is 0 Å². The van der Waals surface area contributed by atoms with Crippen molar-refractivity contribution >= 4 is 16.6 Å². The van der Waals surface area contributed by atoms with Crippen molar-refractivity contribution in [3.8, 4) is 0 Å². The van der Waals surface area contributed by atoms with Gasteiger partial charge in [0.15, 0.2) is 0 Å². The Hall–Kier alpha value is -1.71. The molecule has 1 saturated heterocycles. The van der Waals surface area contributed by atoms with Gasteiger partial charge in [-0.1, -0.05) is 0 Å². The van der Waals surface area contributed by atoms with Gasteiger partial charge in [-0.2, -0.15) is 9.89 Å². The molecule has 0 radical (unpaired) electrons.